The molecule has 2 N–H and O–H groups in total. The standard InChI is InChI=1S/C12H12N4O2/c1-2-14-11-9(12(17)18)7-15-10(16-11)8-3-5-13-6-4-8/h3-7H,2H2,1H3,(H,17,18)(H,14,15,16). The van der Waals surface area contributed by atoms with Crippen LogP contribution in [0.3, 0.4) is 0 Å². The molecule has 0 bridgehead atoms. The molecule has 18 heavy (non-hydrogen) atoms. The van der Waals surface area contributed by atoms with E-state index in [-0.39, 0.29) is 5.56 Å². The van der Waals surface area contributed by atoms with Gasteiger partial charge in [-0.3, -0.25) is 4.98 Å². The van der Waals surface area contributed by atoms with Crippen LogP contribution in [0.2, 0.25) is 0 Å². The smallest absolute Gasteiger partial charge is 0.341 e. The lowest BCUT2D eigenvalue weighted by atomic mass is 10.2. The average Bonchev–Trinajstić information content (AvgIpc) is 2.40. The van der Waals surface area contributed by atoms with Crippen LogP contribution in [-0.2, 0) is 0 Å². The third-order valence-corrected chi connectivity index (χ3v) is 2.30. The highest BCUT2D eigenvalue weighted by molar-refractivity contribution is 5.93. The van der Waals surface area contributed by atoms with Crippen molar-refractivity contribution >= 4 is 11.8 Å². The van der Waals surface area contributed by atoms with E-state index in [1.54, 1.807) is 24.5 Å². The minimum absolute atomic E-state index is 0.0645. The van der Waals surface area contributed by atoms with Crippen molar-refractivity contribution in [2.45, 2.75) is 6.92 Å². The molecule has 6 heteroatoms. The first-order valence-electron chi connectivity index (χ1n) is 5.47. The van der Waals surface area contributed by atoms with Crippen molar-refractivity contribution in [3.8, 4) is 11.4 Å². The maximum Gasteiger partial charge on any atom is 0.341 e. The van der Waals surface area contributed by atoms with E-state index in [9.17, 15) is 4.79 Å². The van der Waals surface area contributed by atoms with Gasteiger partial charge in [0.15, 0.2) is 5.82 Å². The number of nitrogens with zero attached hydrogens (tertiary/aromatic N) is 3. The van der Waals surface area contributed by atoms with Gasteiger partial charge >= 0.3 is 5.97 Å². The van der Waals surface area contributed by atoms with E-state index in [2.05, 4.69) is 20.3 Å². The van der Waals surface area contributed by atoms with Gasteiger partial charge in [0.1, 0.15) is 11.4 Å². The number of rotatable bonds is 4. The molecular weight excluding hydrogens is 232 g/mol. The van der Waals surface area contributed by atoms with Gasteiger partial charge in [-0.1, -0.05) is 0 Å². The fraction of sp³-hybridized carbons (Fsp3) is 0.167. The number of carboxylic acid groups (broad SMARTS) is 1. The summed E-state index contributed by atoms with van der Waals surface area (Å²) in [7, 11) is 0. The molecule has 0 amide bonds. The first-order chi connectivity index (χ1) is 8.72. The summed E-state index contributed by atoms with van der Waals surface area (Å²) in [4.78, 5) is 23.2. The molecule has 0 aliphatic heterocycles. The van der Waals surface area contributed by atoms with Gasteiger partial charge in [0.05, 0.1) is 0 Å². The number of hydrogen-bond donors (Lipinski definition) is 2. The maximum atomic E-state index is 11.0. The van der Waals surface area contributed by atoms with Crippen LogP contribution in [0.1, 0.15) is 17.3 Å². The molecule has 0 radical (unpaired) electrons. The summed E-state index contributed by atoms with van der Waals surface area (Å²) in [6.07, 6.45) is 4.58. The monoisotopic (exact) mass is 244 g/mol. The molecule has 0 saturated heterocycles. The number of carboxylic acids is 1. The van der Waals surface area contributed by atoms with E-state index in [0.717, 1.165) is 5.56 Å². The van der Waals surface area contributed by atoms with Crippen LogP contribution in [-0.4, -0.2) is 32.6 Å². The third kappa shape index (κ3) is 2.42. The summed E-state index contributed by atoms with van der Waals surface area (Å²) < 4.78 is 0. The van der Waals surface area contributed by atoms with Crippen LogP contribution in [0.25, 0.3) is 11.4 Å². The summed E-state index contributed by atoms with van der Waals surface area (Å²) in [6.45, 7) is 2.47. The predicted octanol–water partition coefficient (Wildman–Crippen LogP) is 1.67. The largest absolute Gasteiger partial charge is 0.477 e. The predicted molar refractivity (Wildman–Crippen MR) is 66.4 cm³/mol. The van der Waals surface area contributed by atoms with Gasteiger partial charge in [0.25, 0.3) is 0 Å². The number of hydrogen-bond acceptors (Lipinski definition) is 5. The molecule has 92 valence electrons. The van der Waals surface area contributed by atoms with Crippen molar-refractivity contribution in [3.63, 3.8) is 0 Å². The first kappa shape index (κ1) is 12.0. The molecule has 0 aliphatic carbocycles. The molecule has 0 aromatic carbocycles. The third-order valence-electron chi connectivity index (χ3n) is 2.30. The fourth-order valence-electron chi connectivity index (χ4n) is 1.48. The first-order valence-corrected chi connectivity index (χ1v) is 5.47. The van der Waals surface area contributed by atoms with Gasteiger partial charge in [0, 0.05) is 30.7 Å². The summed E-state index contributed by atoms with van der Waals surface area (Å²) in [5.41, 5.74) is 0.857. The van der Waals surface area contributed by atoms with Crippen LogP contribution in [0.4, 0.5) is 5.82 Å². The van der Waals surface area contributed by atoms with Crippen LogP contribution < -0.4 is 5.32 Å². The number of nitrogens with one attached hydrogen (secondary N) is 1. The van der Waals surface area contributed by atoms with Crippen molar-refractivity contribution in [1.29, 1.82) is 0 Å². The summed E-state index contributed by atoms with van der Waals surface area (Å²) in [6, 6.07) is 3.54. The van der Waals surface area contributed by atoms with Gasteiger partial charge in [-0.05, 0) is 19.1 Å². The zero-order valence-corrected chi connectivity index (χ0v) is 9.79. The molecular formula is C12H12N4O2. The van der Waals surface area contributed by atoms with E-state index in [1.807, 2.05) is 6.92 Å². The Morgan fingerprint density at radius 1 is 1.39 bits per heavy atom. The van der Waals surface area contributed by atoms with Crippen LogP contribution in [0.15, 0.2) is 30.7 Å². The number of aromatic carboxylic acids is 1. The molecule has 2 aromatic heterocycles. The molecule has 0 atom stereocenters. The van der Waals surface area contributed by atoms with Gasteiger partial charge < -0.3 is 10.4 Å². The van der Waals surface area contributed by atoms with Crippen LogP contribution in [0, 0.1) is 0 Å². The fourth-order valence-corrected chi connectivity index (χ4v) is 1.48. The topological polar surface area (TPSA) is 88.0 Å². The normalized spacial score (nSPS) is 10.1. The molecule has 0 aliphatic rings. The molecule has 2 aromatic rings. The second-order valence-corrected chi connectivity index (χ2v) is 3.53. The van der Waals surface area contributed by atoms with E-state index in [0.29, 0.717) is 18.2 Å². The highest BCUT2D eigenvalue weighted by Gasteiger charge is 2.13. The Hall–Kier alpha value is -2.50. The van der Waals surface area contributed by atoms with Crippen molar-refractivity contribution in [1.82, 2.24) is 15.0 Å². The maximum absolute atomic E-state index is 11.0. The van der Waals surface area contributed by atoms with E-state index < -0.39 is 5.97 Å². The van der Waals surface area contributed by atoms with Crippen molar-refractivity contribution in [2.24, 2.45) is 0 Å². The van der Waals surface area contributed by atoms with Gasteiger partial charge in [0.2, 0.25) is 0 Å². The van der Waals surface area contributed by atoms with Crippen molar-refractivity contribution < 1.29 is 9.90 Å². The van der Waals surface area contributed by atoms with Gasteiger partial charge in [-0.15, -0.1) is 0 Å². The minimum atomic E-state index is -1.05. The SMILES string of the molecule is CCNc1nc(-c2ccncc2)ncc1C(=O)O. The zero-order valence-electron chi connectivity index (χ0n) is 9.79. The van der Waals surface area contributed by atoms with E-state index in [4.69, 9.17) is 5.11 Å². The zero-order chi connectivity index (χ0) is 13.0. The van der Waals surface area contributed by atoms with Crippen LogP contribution >= 0.6 is 0 Å². The molecule has 0 spiro atoms. The lowest BCUT2D eigenvalue weighted by Gasteiger charge is -2.08. The summed E-state index contributed by atoms with van der Waals surface area (Å²) in [5, 5.41) is 11.9. The molecule has 6 nitrogen and oxygen atoms in total. The molecule has 2 rings (SSSR count). The summed E-state index contributed by atoms with van der Waals surface area (Å²) >= 11 is 0. The summed E-state index contributed by atoms with van der Waals surface area (Å²) in [5.74, 6) is -0.252. The lowest BCUT2D eigenvalue weighted by molar-refractivity contribution is 0.0697. The highest BCUT2D eigenvalue weighted by atomic mass is 16.4. The second kappa shape index (κ2) is 5.22. The van der Waals surface area contributed by atoms with Crippen molar-refractivity contribution in [3.05, 3.63) is 36.3 Å². The number of anilines is 1. The number of pyridine rings is 1. The molecule has 2 heterocycles. The average molecular weight is 244 g/mol. The van der Waals surface area contributed by atoms with E-state index >= 15 is 0 Å². The Bertz CT molecular complexity index is 557. The second-order valence-electron chi connectivity index (χ2n) is 3.53. The molecule has 0 saturated carbocycles. The van der Waals surface area contributed by atoms with Gasteiger partial charge in [-0.25, -0.2) is 14.8 Å². The lowest BCUT2D eigenvalue weighted by Crippen LogP contribution is -2.09. The quantitative estimate of drug-likeness (QED) is 0.850. The van der Waals surface area contributed by atoms with Crippen molar-refractivity contribution in [2.75, 3.05) is 11.9 Å². The van der Waals surface area contributed by atoms with Crippen LogP contribution in [0.5, 0.6) is 0 Å². The number of carbonyl (C=O) groups is 1. The van der Waals surface area contributed by atoms with E-state index in [1.165, 1.54) is 6.20 Å². The Labute approximate surface area is 104 Å². The Morgan fingerprint density at radius 2 is 2.11 bits per heavy atom. The minimum Gasteiger partial charge on any atom is -0.477 e. The highest BCUT2D eigenvalue weighted by Crippen LogP contribution is 2.18. The molecule has 0 unspecified atom stereocenters. The number of aromatic nitrogens is 3. The Balaban J connectivity index is 2.46. The molecule has 0 fully saturated rings. The Morgan fingerprint density at radius 3 is 2.72 bits per heavy atom. The Kier molecular flexibility index (Phi) is 3.47. The van der Waals surface area contributed by atoms with Gasteiger partial charge in [-0.2, -0.15) is 0 Å².